The second kappa shape index (κ2) is 20.2. The molecular weight excluding hydrogens is 641 g/mol. The van der Waals surface area contributed by atoms with Crippen LogP contribution in [0.1, 0.15) is 209 Å². The van der Waals surface area contributed by atoms with Gasteiger partial charge in [-0.25, -0.2) is 0 Å². The molecule has 4 nitrogen and oxygen atoms in total. The summed E-state index contributed by atoms with van der Waals surface area (Å²) in [7, 11) is 0. The maximum absolute atomic E-state index is 13.2. The zero-order chi connectivity index (χ0) is 37.8. The van der Waals surface area contributed by atoms with Crippen molar-refractivity contribution in [2.24, 2.45) is 39.4 Å². The average molecular weight is 725 g/mol. The minimum atomic E-state index is 0.0100. The van der Waals surface area contributed by atoms with E-state index in [-0.39, 0.29) is 29.5 Å². The summed E-state index contributed by atoms with van der Waals surface area (Å²) >= 11 is 0. The Hall–Kier alpha value is -1.13. The molecule has 4 heteroatoms. The van der Waals surface area contributed by atoms with Crippen LogP contribution in [0, 0.1) is 39.4 Å². The van der Waals surface area contributed by atoms with Crippen molar-refractivity contribution in [1.29, 1.82) is 0 Å². The second-order valence-electron chi connectivity index (χ2n) is 19.7. The summed E-state index contributed by atoms with van der Waals surface area (Å²) in [6, 6.07) is 0. The fourth-order valence-corrected chi connectivity index (χ4v) is 12.5. The van der Waals surface area contributed by atoms with Gasteiger partial charge in [0.25, 0.3) is 0 Å². The standard InChI is InChI=1S/C48H84O4/c1-37(2)23-22-24-38(3)39-28-32-48(8)41-26-27-42-45(4,5)43(30-31-46(42,6)40(41)29-33-47(39,48)7)52-44(50)25-20-18-16-14-12-10-9-11-13-15-17-19-21-35-51-36-34-49/h23,38-39,42-43,49H,9-22,24-36H2,1-8H3/t38?,39?,42-,43?,46?,47?,48-/m0/s1. The Morgan fingerprint density at radius 3 is 2.00 bits per heavy atom. The number of carbonyl (C=O) groups excluding carboxylic acids is 1. The van der Waals surface area contributed by atoms with Crippen molar-refractivity contribution >= 4 is 5.97 Å². The van der Waals surface area contributed by atoms with Gasteiger partial charge in [-0.2, -0.15) is 0 Å². The van der Waals surface area contributed by atoms with Gasteiger partial charge in [0.15, 0.2) is 0 Å². The Balaban J connectivity index is 1.16. The fraction of sp³-hybridized carbons (Fsp3) is 0.896. The molecule has 0 aromatic carbocycles. The van der Waals surface area contributed by atoms with Crippen LogP contribution in [0.5, 0.6) is 0 Å². The van der Waals surface area contributed by atoms with E-state index in [0.717, 1.165) is 44.1 Å². The Labute approximate surface area is 322 Å². The van der Waals surface area contributed by atoms with E-state index in [2.05, 4.69) is 61.5 Å². The first-order valence-electron chi connectivity index (χ1n) is 22.6. The number of ether oxygens (including phenoxy) is 2. The second-order valence-corrected chi connectivity index (χ2v) is 19.7. The van der Waals surface area contributed by atoms with Crippen molar-refractivity contribution in [2.75, 3.05) is 19.8 Å². The van der Waals surface area contributed by atoms with Gasteiger partial charge < -0.3 is 14.6 Å². The monoisotopic (exact) mass is 725 g/mol. The number of hydrogen-bond acceptors (Lipinski definition) is 4. The van der Waals surface area contributed by atoms with Gasteiger partial charge in [-0.3, -0.25) is 4.79 Å². The van der Waals surface area contributed by atoms with Crippen molar-refractivity contribution in [1.82, 2.24) is 0 Å². The van der Waals surface area contributed by atoms with Crippen molar-refractivity contribution in [3.63, 3.8) is 0 Å². The molecule has 4 rings (SSSR count). The number of allylic oxidation sites excluding steroid dienone is 4. The van der Waals surface area contributed by atoms with Gasteiger partial charge in [0.05, 0.1) is 13.2 Å². The van der Waals surface area contributed by atoms with Crippen LogP contribution in [0.4, 0.5) is 0 Å². The predicted molar refractivity (Wildman–Crippen MR) is 219 cm³/mol. The summed E-state index contributed by atoms with van der Waals surface area (Å²) in [6.45, 7) is 21.3. The molecule has 0 aliphatic heterocycles. The van der Waals surface area contributed by atoms with E-state index in [1.165, 1.54) is 128 Å². The van der Waals surface area contributed by atoms with E-state index in [9.17, 15) is 4.79 Å². The minimum absolute atomic E-state index is 0.0100. The van der Waals surface area contributed by atoms with Crippen LogP contribution in [0.25, 0.3) is 0 Å². The van der Waals surface area contributed by atoms with Crippen molar-refractivity contribution in [3.8, 4) is 0 Å². The molecular formula is C48H84O4. The Kier molecular flexibility index (Phi) is 16.9. The first-order valence-corrected chi connectivity index (χ1v) is 22.6. The lowest BCUT2D eigenvalue weighted by molar-refractivity contribution is -0.170. The lowest BCUT2D eigenvalue weighted by Gasteiger charge is -2.62. The topological polar surface area (TPSA) is 55.8 Å². The quantitative estimate of drug-likeness (QED) is 0.0647. The number of esters is 1. The van der Waals surface area contributed by atoms with Gasteiger partial charge in [-0.15, -0.1) is 0 Å². The van der Waals surface area contributed by atoms with E-state index in [4.69, 9.17) is 14.6 Å². The lowest BCUT2D eigenvalue weighted by atomic mass is 9.43. The third-order valence-corrected chi connectivity index (χ3v) is 15.8. The van der Waals surface area contributed by atoms with Crippen LogP contribution in [-0.2, 0) is 14.3 Å². The molecule has 7 atom stereocenters. The molecule has 0 bridgehead atoms. The Morgan fingerprint density at radius 2 is 1.38 bits per heavy atom. The Bertz CT molecular complexity index is 1160. The molecule has 5 unspecified atom stereocenters. The molecule has 0 radical (unpaired) electrons. The molecule has 300 valence electrons. The van der Waals surface area contributed by atoms with Gasteiger partial charge in [0.1, 0.15) is 6.10 Å². The van der Waals surface area contributed by atoms with Crippen LogP contribution in [0.2, 0.25) is 0 Å². The predicted octanol–water partition coefficient (Wildman–Crippen LogP) is 13.5. The van der Waals surface area contributed by atoms with Crippen LogP contribution in [0.15, 0.2) is 22.8 Å². The molecule has 2 fully saturated rings. The fourth-order valence-electron chi connectivity index (χ4n) is 12.5. The third kappa shape index (κ3) is 10.4. The van der Waals surface area contributed by atoms with Crippen LogP contribution >= 0.6 is 0 Å². The highest BCUT2D eigenvalue weighted by Gasteiger charge is 2.63. The zero-order valence-electron chi connectivity index (χ0n) is 35.7. The first kappa shape index (κ1) is 43.6. The number of aliphatic hydroxyl groups is 1. The largest absolute Gasteiger partial charge is 0.462 e. The van der Waals surface area contributed by atoms with Crippen molar-refractivity contribution in [3.05, 3.63) is 22.8 Å². The zero-order valence-corrected chi connectivity index (χ0v) is 35.7. The number of carbonyl (C=O) groups is 1. The maximum Gasteiger partial charge on any atom is 0.306 e. The molecule has 4 aliphatic carbocycles. The van der Waals surface area contributed by atoms with Gasteiger partial charge in [-0.05, 0) is 125 Å². The van der Waals surface area contributed by atoms with E-state index >= 15 is 0 Å². The molecule has 0 amide bonds. The third-order valence-electron chi connectivity index (χ3n) is 15.8. The maximum atomic E-state index is 13.2. The number of rotatable bonds is 23. The van der Waals surface area contributed by atoms with Gasteiger partial charge >= 0.3 is 5.97 Å². The van der Waals surface area contributed by atoms with Crippen molar-refractivity contribution < 1.29 is 19.4 Å². The van der Waals surface area contributed by atoms with Crippen molar-refractivity contribution in [2.45, 2.75) is 216 Å². The van der Waals surface area contributed by atoms with Gasteiger partial charge in [-0.1, -0.05) is 135 Å². The average Bonchev–Trinajstić information content (AvgIpc) is 3.38. The highest BCUT2D eigenvalue weighted by Crippen LogP contribution is 2.72. The minimum Gasteiger partial charge on any atom is -0.462 e. The number of aliphatic hydroxyl groups excluding tert-OH is 1. The normalized spacial score (nSPS) is 31.4. The summed E-state index contributed by atoms with van der Waals surface area (Å²) in [5.41, 5.74) is 6.18. The summed E-state index contributed by atoms with van der Waals surface area (Å²) in [5.74, 6) is 2.26. The smallest absolute Gasteiger partial charge is 0.306 e. The van der Waals surface area contributed by atoms with E-state index in [1.807, 2.05) is 11.1 Å². The van der Waals surface area contributed by atoms with E-state index < -0.39 is 0 Å². The lowest BCUT2D eigenvalue weighted by Crippen LogP contribution is -2.55. The van der Waals surface area contributed by atoms with E-state index in [0.29, 0.717) is 29.8 Å². The number of fused-ring (bicyclic) bond motifs is 4. The van der Waals surface area contributed by atoms with E-state index in [1.54, 1.807) is 0 Å². The summed E-state index contributed by atoms with van der Waals surface area (Å²) < 4.78 is 11.7. The van der Waals surface area contributed by atoms with Crippen LogP contribution in [-0.4, -0.2) is 37.0 Å². The molecule has 0 heterocycles. The number of unbranched alkanes of at least 4 members (excludes halogenated alkanes) is 12. The molecule has 0 spiro atoms. The molecule has 52 heavy (non-hydrogen) atoms. The van der Waals surface area contributed by atoms with Gasteiger partial charge in [0.2, 0.25) is 0 Å². The van der Waals surface area contributed by atoms with Crippen LogP contribution in [0.3, 0.4) is 0 Å². The Morgan fingerprint density at radius 1 is 0.769 bits per heavy atom. The summed E-state index contributed by atoms with van der Waals surface area (Å²) in [5, 5.41) is 8.74. The molecule has 4 aliphatic rings. The molecule has 0 aromatic rings. The summed E-state index contributed by atoms with van der Waals surface area (Å²) in [6.07, 6.45) is 32.2. The SMILES string of the molecule is CC(C)=CCCC(C)C1CC[C@@]2(C)C3=C(CCC12C)C1(C)CCC(OC(=O)CCCCCCCCCCCCCCCOCCO)C(C)(C)[C@@H]1CC3. The number of hydrogen-bond donors (Lipinski definition) is 1. The van der Waals surface area contributed by atoms with Crippen LogP contribution < -0.4 is 0 Å². The molecule has 0 aromatic heterocycles. The molecule has 1 N–H and O–H groups in total. The highest BCUT2D eigenvalue weighted by molar-refractivity contribution is 5.69. The van der Waals surface area contributed by atoms with Gasteiger partial charge in [0, 0.05) is 18.4 Å². The first-order chi connectivity index (χ1) is 24.8. The highest BCUT2D eigenvalue weighted by atomic mass is 16.5. The molecule has 2 saturated carbocycles. The molecule has 0 saturated heterocycles. The summed E-state index contributed by atoms with van der Waals surface area (Å²) in [4.78, 5) is 13.2.